The number of nitrogens with one attached hydrogen (secondary N) is 1. The first-order valence-corrected chi connectivity index (χ1v) is 11.9. The third-order valence-corrected chi connectivity index (χ3v) is 7.89. The lowest BCUT2D eigenvalue weighted by molar-refractivity contribution is 0.102. The van der Waals surface area contributed by atoms with Crippen LogP contribution >= 0.6 is 11.3 Å². The lowest BCUT2D eigenvalue weighted by Crippen LogP contribution is -2.43. The minimum Gasteiger partial charge on any atom is -0.355 e. The van der Waals surface area contributed by atoms with Gasteiger partial charge in [-0.2, -0.15) is 0 Å². The minimum atomic E-state index is -0.493. The largest absolute Gasteiger partial charge is 0.355 e. The first-order chi connectivity index (χ1) is 15.9. The second kappa shape index (κ2) is 7.46. The number of fused-ring (bicyclic) bond motifs is 2. The van der Waals surface area contributed by atoms with Gasteiger partial charge in [-0.15, -0.1) is 0 Å². The molecular formula is C23H24FN7OS. The molecule has 6 rings (SSSR count). The predicted molar refractivity (Wildman–Crippen MR) is 127 cm³/mol. The Hall–Kier alpha value is -3.11. The summed E-state index contributed by atoms with van der Waals surface area (Å²) in [5.74, 6) is 0.0499. The number of rotatable bonds is 3. The molecule has 1 spiro atoms. The average molecular weight is 466 g/mol. The first kappa shape index (κ1) is 20.5. The zero-order valence-electron chi connectivity index (χ0n) is 18.5. The Kier molecular flexibility index (Phi) is 4.63. The van der Waals surface area contributed by atoms with Gasteiger partial charge in [0, 0.05) is 37.1 Å². The third-order valence-electron chi connectivity index (χ3n) is 6.92. The summed E-state index contributed by atoms with van der Waals surface area (Å²) in [6.07, 6.45) is 6.99. The van der Waals surface area contributed by atoms with Crippen molar-refractivity contribution in [3.8, 4) is 0 Å². The fourth-order valence-electron chi connectivity index (χ4n) is 5.15. The van der Waals surface area contributed by atoms with Crippen LogP contribution in [0.3, 0.4) is 0 Å². The van der Waals surface area contributed by atoms with E-state index < -0.39 is 5.82 Å². The topological polar surface area (TPSA) is 78.7 Å². The Labute approximate surface area is 194 Å². The molecule has 4 aromatic heterocycles. The summed E-state index contributed by atoms with van der Waals surface area (Å²) in [6.45, 7) is 4.92. The highest BCUT2D eigenvalue weighted by Gasteiger charge is 2.44. The maximum absolute atomic E-state index is 14.3. The molecule has 0 aliphatic carbocycles. The molecule has 1 N–H and O–H groups in total. The van der Waals surface area contributed by atoms with Crippen molar-refractivity contribution in [3.63, 3.8) is 0 Å². The smallest absolute Gasteiger partial charge is 0.284 e. The standard InChI is InChI=1S/C23H24FN7OS/c1-14-11-31-12-15(10-16(24)19(31)25-14)26-20(32)22-27-17-4-5-18(28-21(17)33-22)30-9-7-23(13-30)6-3-8-29(23)2/h4-5,10-12H,3,6-9,13H2,1-2H3,(H,26,32). The average Bonchev–Trinajstić information content (AvgIpc) is 3.55. The van der Waals surface area contributed by atoms with Crippen LogP contribution in [0.4, 0.5) is 15.9 Å². The second-order valence-electron chi connectivity index (χ2n) is 9.08. The van der Waals surface area contributed by atoms with Crippen LogP contribution in [0.2, 0.25) is 0 Å². The number of amides is 1. The van der Waals surface area contributed by atoms with Gasteiger partial charge >= 0.3 is 0 Å². The van der Waals surface area contributed by atoms with Crippen molar-refractivity contribution in [1.82, 2.24) is 24.3 Å². The molecule has 0 radical (unpaired) electrons. The summed E-state index contributed by atoms with van der Waals surface area (Å²) in [6, 6.07) is 5.18. The van der Waals surface area contributed by atoms with E-state index in [2.05, 4.69) is 32.1 Å². The fraction of sp³-hybridized carbons (Fsp3) is 0.391. The number of anilines is 2. The van der Waals surface area contributed by atoms with Crippen LogP contribution in [0.25, 0.3) is 16.0 Å². The molecule has 4 aromatic rings. The van der Waals surface area contributed by atoms with Crippen LogP contribution in [0.15, 0.2) is 30.6 Å². The molecule has 0 bridgehead atoms. The lowest BCUT2D eigenvalue weighted by Gasteiger charge is -2.32. The zero-order chi connectivity index (χ0) is 22.7. The minimum absolute atomic E-state index is 0.231. The molecule has 2 aliphatic heterocycles. The van der Waals surface area contributed by atoms with Crippen LogP contribution < -0.4 is 10.2 Å². The van der Waals surface area contributed by atoms with Gasteiger partial charge in [-0.25, -0.2) is 19.3 Å². The summed E-state index contributed by atoms with van der Waals surface area (Å²) in [5, 5.41) is 3.04. The highest BCUT2D eigenvalue weighted by molar-refractivity contribution is 7.20. The number of likely N-dealkylation sites (N-methyl/N-ethyl adjacent to an activating group) is 1. The summed E-state index contributed by atoms with van der Waals surface area (Å²) < 4.78 is 15.9. The van der Waals surface area contributed by atoms with E-state index in [4.69, 9.17) is 4.98 Å². The van der Waals surface area contributed by atoms with E-state index >= 15 is 0 Å². The van der Waals surface area contributed by atoms with Gasteiger partial charge in [0.1, 0.15) is 16.2 Å². The van der Waals surface area contributed by atoms with Gasteiger partial charge in [0.05, 0.1) is 11.4 Å². The molecule has 1 atom stereocenters. The van der Waals surface area contributed by atoms with E-state index in [-0.39, 0.29) is 17.1 Å². The van der Waals surface area contributed by atoms with Crippen molar-refractivity contribution in [2.24, 2.45) is 0 Å². The fourth-order valence-corrected chi connectivity index (χ4v) is 5.98. The number of carbonyl (C=O) groups is 1. The number of likely N-dealkylation sites (tertiary alicyclic amines) is 1. The van der Waals surface area contributed by atoms with Crippen LogP contribution in [0.5, 0.6) is 0 Å². The summed E-state index contributed by atoms with van der Waals surface area (Å²) in [4.78, 5) is 31.8. The number of aryl methyl sites for hydroxylation is 1. The van der Waals surface area contributed by atoms with Crippen LogP contribution in [0, 0.1) is 12.7 Å². The Balaban J connectivity index is 1.23. The van der Waals surface area contributed by atoms with Gasteiger partial charge in [0.15, 0.2) is 16.5 Å². The molecule has 0 saturated carbocycles. The highest BCUT2D eigenvalue weighted by Crippen LogP contribution is 2.38. The van der Waals surface area contributed by atoms with Crippen molar-refractivity contribution in [3.05, 3.63) is 47.1 Å². The van der Waals surface area contributed by atoms with E-state index in [0.717, 1.165) is 36.7 Å². The van der Waals surface area contributed by atoms with Crippen molar-refractivity contribution in [1.29, 1.82) is 0 Å². The van der Waals surface area contributed by atoms with E-state index in [1.54, 1.807) is 23.7 Å². The van der Waals surface area contributed by atoms with E-state index in [9.17, 15) is 9.18 Å². The number of hydrogen-bond donors (Lipinski definition) is 1. The normalized spacial score (nSPS) is 21.1. The molecule has 0 aromatic carbocycles. The zero-order valence-corrected chi connectivity index (χ0v) is 19.3. The number of imidazole rings is 1. The van der Waals surface area contributed by atoms with Gasteiger partial charge in [-0.1, -0.05) is 11.3 Å². The SMILES string of the molecule is Cc1cn2cc(NC(=O)c3nc4ccc(N5CCC6(CCCN6C)C5)nc4s3)cc(F)c2n1. The Morgan fingerprint density at radius 2 is 2.06 bits per heavy atom. The van der Waals surface area contributed by atoms with E-state index in [0.29, 0.717) is 21.9 Å². The maximum Gasteiger partial charge on any atom is 0.284 e. The first-order valence-electron chi connectivity index (χ1n) is 11.1. The number of aromatic nitrogens is 4. The Morgan fingerprint density at radius 1 is 1.18 bits per heavy atom. The molecular weight excluding hydrogens is 441 g/mol. The molecule has 2 saturated heterocycles. The number of hydrogen-bond acceptors (Lipinski definition) is 7. The van der Waals surface area contributed by atoms with Crippen molar-refractivity contribution >= 4 is 44.7 Å². The summed E-state index contributed by atoms with van der Waals surface area (Å²) >= 11 is 1.25. The Bertz CT molecular complexity index is 1400. The number of thiazole rings is 1. The monoisotopic (exact) mass is 465 g/mol. The number of nitrogens with zero attached hydrogens (tertiary/aromatic N) is 6. The molecule has 1 amide bonds. The lowest BCUT2D eigenvalue weighted by atomic mass is 9.96. The van der Waals surface area contributed by atoms with Gasteiger partial charge in [-0.05, 0) is 51.9 Å². The maximum atomic E-state index is 14.3. The van der Waals surface area contributed by atoms with Crippen LogP contribution in [-0.4, -0.2) is 62.4 Å². The van der Waals surface area contributed by atoms with Crippen LogP contribution in [0.1, 0.15) is 34.8 Å². The summed E-state index contributed by atoms with van der Waals surface area (Å²) in [5.41, 5.74) is 2.23. The quantitative estimate of drug-likeness (QED) is 0.497. The molecule has 33 heavy (non-hydrogen) atoms. The summed E-state index contributed by atoms with van der Waals surface area (Å²) in [7, 11) is 2.22. The number of halogens is 1. The Morgan fingerprint density at radius 3 is 2.88 bits per heavy atom. The molecule has 8 nitrogen and oxygen atoms in total. The molecule has 170 valence electrons. The molecule has 6 heterocycles. The molecule has 1 unspecified atom stereocenters. The second-order valence-corrected chi connectivity index (χ2v) is 10.1. The number of carbonyl (C=O) groups excluding carboxylic acids is 1. The molecule has 2 fully saturated rings. The predicted octanol–water partition coefficient (Wildman–Crippen LogP) is 3.71. The van der Waals surface area contributed by atoms with Gasteiger partial charge in [0.25, 0.3) is 5.91 Å². The van der Waals surface area contributed by atoms with Crippen molar-refractivity contribution in [2.75, 3.05) is 36.9 Å². The van der Waals surface area contributed by atoms with Gasteiger partial charge in [0.2, 0.25) is 0 Å². The van der Waals surface area contributed by atoms with Gasteiger partial charge < -0.3 is 14.6 Å². The van der Waals surface area contributed by atoms with E-state index in [1.807, 2.05) is 12.1 Å². The van der Waals surface area contributed by atoms with Crippen molar-refractivity contribution < 1.29 is 9.18 Å². The van der Waals surface area contributed by atoms with Crippen LogP contribution in [-0.2, 0) is 0 Å². The van der Waals surface area contributed by atoms with Gasteiger partial charge in [-0.3, -0.25) is 9.69 Å². The highest BCUT2D eigenvalue weighted by atomic mass is 32.1. The van der Waals surface area contributed by atoms with Crippen molar-refractivity contribution in [2.45, 2.75) is 31.7 Å². The van der Waals surface area contributed by atoms with E-state index in [1.165, 1.54) is 30.2 Å². The molecule has 2 aliphatic rings. The molecule has 10 heteroatoms. The third kappa shape index (κ3) is 3.44. The number of pyridine rings is 2.